The summed E-state index contributed by atoms with van der Waals surface area (Å²) in [5.41, 5.74) is 3.55. The van der Waals surface area contributed by atoms with Gasteiger partial charge in [-0.25, -0.2) is 0 Å². The summed E-state index contributed by atoms with van der Waals surface area (Å²) in [5, 5.41) is 3.29. The van der Waals surface area contributed by atoms with E-state index in [0.29, 0.717) is 0 Å². The van der Waals surface area contributed by atoms with E-state index in [1.807, 2.05) is 6.07 Å². The largest absolute Gasteiger partial charge is 0.385 e. The van der Waals surface area contributed by atoms with Crippen LogP contribution in [0.25, 0.3) is 0 Å². The Balaban J connectivity index is 2.17. The first kappa shape index (κ1) is 11.5. The van der Waals surface area contributed by atoms with Crippen LogP contribution in [0.4, 0.5) is 17.1 Å². The topological polar surface area (TPSA) is 15.3 Å². The Labute approximate surface area is 103 Å². The number of para-hydroxylation sites is 1. The van der Waals surface area contributed by atoms with Crippen molar-refractivity contribution in [2.75, 3.05) is 23.8 Å². The van der Waals surface area contributed by atoms with Crippen molar-refractivity contribution in [2.24, 2.45) is 0 Å². The molecule has 0 amide bonds. The van der Waals surface area contributed by atoms with Crippen molar-refractivity contribution in [3.63, 3.8) is 0 Å². The normalized spacial score (nSPS) is 10.0. The molecule has 2 aromatic rings. The van der Waals surface area contributed by atoms with Gasteiger partial charge in [0.25, 0.3) is 0 Å². The average Bonchev–Trinajstić information content (AvgIpc) is 2.40. The molecule has 0 bridgehead atoms. The van der Waals surface area contributed by atoms with Crippen LogP contribution in [0.1, 0.15) is 6.92 Å². The highest BCUT2D eigenvalue weighted by molar-refractivity contribution is 5.64. The molecule has 88 valence electrons. The lowest BCUT2D eigenvalue weighted by atomic mass is 10.2. The van der Waals surface area contributed by atoms with Crippen LogP contribution in [0.2, 0.25) is 0 Å². The maximum atomic E-state index is 3.29. The van der Waals surface area contributed by atoms with Gasteiger partial charge in [0.15, 0.2) is 0 Å². The first-order valence-corrected chi connectivity index (χ1v) is 5.94. The van der Waals surface area contributed by atoms with Crippen LogP contribution >= 0.6 is 0 Å². The van der Waals surface area contributed by atoms with Gasteiger partial charge in [0.05, 0.1) is 0 Å². The molecule has 0 aliphatic carbocycles. The van der Waals surface area contributed by atoms with Crippen molar-refractivity contribution in [1.29, 1.82) is 0 Å². The number of nitrogens with one attached hydrogen (secondary N) is 1. The molecule has 17 heavy (non-hydrogen) atoms. The summed E-state index contributed by atoms with van der Waals surface area (Å²) in [6.07, 6.45) is 0. The van der Waals surface area contributed by atoms with Crippen LogP contribution in [-0.4, -0.2) is 13.6 Å². The first-order chi connectivity index (χ1) is 8.31. The van der Waals surface area contributed by atoms with Crippen molar-refractivity contribution >= 4 is 17.1 Å². The molecule has 0 saturated heterocycles. The van der Waals surface area contributed by atoms with Crippen LogP contribution in [0.15, 0.2) is 54.6 Å². The zero-order chi connectivity index (χ0) is 12.1. The van der Waals surface area contributed by atoms with Crippen molar-refractivity contribution in [3.8, 4) is 0 Å². The predicted molar refractivity (Wildman–Crippen MR) is 75.1 cm³/mol. The molecule has 0 aliphatic heterocycles. The first-order valence-electron chi connectivity index (χ1n) is 5.94. The quantitative estimate of drug-likeness (QED) is 0.851. The van der Waals surface area contributed by atoms with Gasteiger partial charge in [-0.1, -0.05) is 18.2 Å². The van der Waals surface area contributed by atoms with Crippen LogP contribution < -0.4 is 10.2 Å². The standard InChI is InChI=1S/C15H18N2/c1-3-16-13-9-11-15(12-10-13)17(2)14-7-5-4-6-8-14/h4-12,16H,3H2,1-2H3. The van der Waals surface area contributed by atoms with E-state index in [4.69, 9.17) is 0 Å². The number of hydrogen-bond donors (Lipinski definition) is 1. The van der Waals surface area contributed by atoms with Gasteiger partial charge >= 0.3 is 0 Å². The molecule has 0 aliphatic rings. The minimum atomic E-state index is 0.952. The van der Waals surface area contributed by atoms with Gasteiger partial charge in [-0.15, -0.1) is 0 Å². The fourth-order valence-corrected chi connectivity index (χ4v) is 1.81. The van der Waals surface area contributed by atoms with Crippen LogP contribution in [-0.2, 0) is 0 Å². The molecule has 0 aromatic heterocycles. The van der Waals surface area contributed by atoms with Gasteiger partial charge in [-0.3, -0.25) is 0 Å². The van der Waals surface area contributed by atoms with Crippen molar-refractivity contribution in [2.45, 2.75) is 6.92 Å². The number of hydrogen-bond acceptors (Lipinski definition) is 2. The molecular formula is C15H18N2. The fraction of sp³-hybridized carbons (Fsp3) is 0.200. The summed E-state index contributed by atoms with van der Waals surface area (Å²) in [6, 6.07) is 18.8. The Morgan fingerprint density at radius 1 is 0.882 bits per heavy atom. The van der Waals surface area contributed by atoms with E-state index in [0.717, 1.165) is 12.2 Å². The van der Waals surface area contributed by atoms with Crippen LogP contribution in [0, 0.1) is 0 Å². The van der Waals surface area contributed by atoms with Crippen LogP contribution in [0.5, 0.6) is 0 Å². The smallest absolute Gasteiger partial charge is 0.0409 e. The highest BCUT2D eigenvalue weighted by atomic mass is 15.1. The van der Waals surface area contributed by atoms with E-state index in [1.54, 1.807) is 0 Å². The molecule has 0 saturated carbocycles. The lowest BCUT2D eigenvalue weighted by Crippen LogP contribution is -2.09. The van der Waals surface area contributed by atoms with E-state index in [9.17, 15) is 0 Å². The monoisotopic (exact) mass is 226 g/mol. The Morgan fingerprint density at radius 3 is 2.06 bits per heavy atom. The Kier molecular flexibility index (Phi) is 3.66. The molecule has 1 N–H and O–H groups in total. The van der Waals surface area contributed by atoms with Gasteiger partial charge in [-0.05, 0) is 43.3 Å². The van der Waals surface area contributed by atoms with Gasteiger partial charge in [0, 0.05) is 30.7 Å². The molecule has 0 unspecified atom stereocenters. The summed E-state index contributed by atoms with van der Waals surface area (Å²) >= 11 is 0. The molecule has 0 radical (unpaired) electrons. The molecule has 2 rings (SSSR count). The van der Waals surface area contributed by atoms with E-state index < -0.39 is 0 Å². The molecule has 2 heteroatoms. The SMILES string of the molecule is CCNc1ccc(N(C)c2ccccc2)cc1. The molecule has 2 nitrogen and oxygen atoms in total. The predicted octanol–water partition coefficient (Wildman–Crippen LogP) is 3.89. The van der Waals surface area contributed by atoms with E-state index in [2.05, 4.69) is 72.7 Å². The number of anilines is 3. The maximum Gasteiger partial charge on any atom is 0.0409 e. The second-order valence-electron chi connectivity index (χ2n) is 3.97. The molecular weight excluding hydrogens is 208 g/mol. The van der Waals surface area contributed by atoms with Gasteiger partial charge < -0.3 is 10.2 Å². The van der Waals surface area contributed by atoms with Crippen molar-refractivity contribution < 1.29 is 0 Å². The van der Waals surface area contributed by atoms with Gasteiger partial charge in [0.2, 0.25) is 0 Å². The highest BCUT2D eigenvalue weighted by Crippen LogP contribution is 2.24. The molecule has 0 atom stereocenters. The third-order valence-corrected chi connectivity index (χ3v) is 2.78. The summed E-state index contributed by atoms with van der Waals surface area (Å²) in [6.45, 7) is 3.05. The third kappa shape index (κ3) is 2.78. The Bertz CT molecular complexity index is 448. The zero-order valence-corrected chi connectivity index (χ0v) is 10.4. The van der Waals surface area contributed by atoms with Gasteiger partial charge in [-0.2, -0.15) is 0 Å². The van der Waals surface area contributed by atoms with E-state index in [1.165, 1.54) is 11.4 Å². The molecule has 0 spiro atoms. The Morgan fingerprint density at radius 2 is 1.47 bits per heavy atom. The third-order valence-electron chi connectivity index (χ3n) is 2.78. The summed E-state index contributed by atoms with van der Waals surface area (Å²) in [4.78, 5) is 2.18. The van der Waals surface area contributed by atoms with E-state index in [-0.39, 0.29) is 0 Å². The zero-order valence-electron chi connectivity index (χ0n) is 10.4. The minimum absolute atomic E-state index is 0.952. The minimum Gasteiger partial charge on any atom is -0.385 e. The molecule has 0 fully saturated rings. The number of rotatable bonds is 4. The number of nitrogens with zero attached hydrogens (tertiary/aromatic N) is 1. The van der Waals surface area contributed by atoms with Crippen molar-refractivity contribution in [3.05, 3.63) is 54.6 Å². The lowest BCUT2D eigenvalue weighted by Gasteiger charge is -2.19. The second-order valence-corrected chi connectivity index (χ2v) is 3.97. The van der Waals surface area contributed by atoms with Crippen LogP contribution in [0.3, 0.4) is 0 Å². The summed E-state index contributed by atoms with van der Waals surface area (Å²) in [5.74, 6) is 0. The Hall–Kier alpha value is -1.96. The number of benzene rings is 2. The summed E-state index contributed by atoms with van der Waals surface area (Å²) in [7, 11) is 2.08. The highest BCUT2D eigenvalue weighted by Gasteiger charge is 2.02. The lowest BCUT2D eigenvalue weighted by molar-refractivity contribution is 1.19. The molecule has 2 aromatic carbocycles. The maximum absolute atomic E-state index is 3.29. The second kappa shape index (κ2) is 5.39. The average molecular weight is 226 g/mol. The van der Waals surface area contributed by atoms with Crippen molar-refractivity contribution in [1.82, 2.24) is 0 Å². The summed E-state index contributed by atoms with van der Waals surface area (Å²) < 4.78 is 0. The van der Waals surface area contributed by atoms with Gasteiger partial charge in [0.1, 0.15) is 0 Å². The fourth-order valence-electron chi connectivity index (χ4n) is 1.81. The molecule has 0 heterocycles. The van der Waals surface area contributed by atoms with E-state index >= 15 is 0 Å².